The van der Waals surface area contributed by atoms with Crippen LogP contribution in [-0.2, 0) is 23.2 Å². The van der Waals surface area contributed by atoms with E-state index in [4.69, 9.17) is 4.74 Å². The summed E-state index contributed by atoms with van der Waals surface area (Å²) < 4.78 is 5.45. The highest BCUT2D eigenvalue weighted by molar-refractivity contribution is 5.91. The van der Waals surface area contributed by atoms with Gasteiger partial charge in [-0.05, 0) is 41.2 Å². The molecule has 152 valence electrons. The van der Waals surface area contributed by atoms with Crippen LogP contribution in [0.25, 0.3) is 0 Å². The Morgan fingerprint density at radius 1 is 1.03 bits per heavy atom. The summed E-state index contributed by atoms with van der Waals surface area (Å²) in [7, 11) is 0. The molecular weight excluding hydrogens is 364 g/mol. The molecule has 0 saturated heterocycles. The summed E-state index contributed by atoms with van der Waals surface area (Å²) in [6.45, 7) is 9.64. The van der Waals surface area contributed by atoms with Crippen molar-refractivity contribution in [3.05, 3.63) is 71.4 Å². The minimum atomic E-state index is -0.110. The number of ether oxygens (including phenoxy) is 1. The fourth-order valence-corrected chi connectivity index (χ4v) is 2.95. The molecule has 0 atom stereocenters. The molecule has 1 amide bonds. The van der Waals surface area contributed by atoms with E-state index in [1.54, 1.807) is 11.0 Å². The molecule has 3 aromatic rings. The van der Waals surface area contributed by atoms with Crippen LogP contribution in [0.2, 0.25) is 0 Å². The van der Waals surface area contributed by atoms with Gasteiger partial charge in [0.1, 0.15) is 5.75 Å². The van der Waals surface area contributed by atoms with Crippen LogP contribution in [0.5, 0.6) is 5.75 Å². The van der Waals surface area contributed by atoms with Crippen molar-refractivity contribution in [1.82, 2.24) is 15.0 Å². The number of nitrogens with zero attached hydrogens (tertiary/aromatic N) is 3. The Morgan fingerprint density at radius 2 is 1.69 bits per heavy atom. The Labute approximate surface area is 171 Å². The fourth-order valence-electron chi connectivity index (χ4n) is 2.95. The van der Waals surface area contributed by atoms with Crippen LogP contribution < -0.4 is 10.1 Å². The van der Waals surface area contributed by atoms with E-state index in [-0.39, 0.29) is 11.3 Å². The third-order valence-corrected chi connectivity index (χ3v) is 4.55. The lowest BCUT2D eigenvalue weighted by atomic mass is 9.86. The van der Waals surface area contributed by atoms with Crippen LogP contribution in [0.3, 0.4) is 0 Å². The number of hydrogen-bond acceptors (Lipinski definition) is 4. The summed E-state index contributed by atoms with van der Waals surface area (Å²) in [4.78, 5) is 13.9. The second-order valence-corrected chi connectivity index (χ2v) is 8.01. The minimum absolute atomic E-state index is 0.0998. The molecule has 0 unspecified atom stereocenters. The standard InChI is InChI=1S/C23H28N4O2/c1-5-29-20-12-8-18(9-13-20)16-27-24-15-21(26-27)25-22(28)14-17-6-10-19(11-7-17)23(2,3)4/h6-13,15H,5,14,16H2,1-4H3,(H,25,26,28). The van der Waals surface area contributed by atoms with E-state index in [0.717, 1.165) is 16.9 Å². The quantitative estimate of drug-likeness (QED) is 0.654. The maximum absolute atomic E-state index is 12.3. The molecule has 0 radical (unpaired) electrons. The zero-order chi connectivity index (χ0) is 20.9. The highest BCUT2D eigenvalue weighted by Crippen LogP contribution is 2.22. The largest absolute Gasteiger partial charge is 0.494 e. The highest BCUT2D eigenvalue weighted by Gasteiger charge is 2.14. The molecule has 1 aromatic heterocycles. The number of carbonyl (C=O) groups is 1. The molecule has 6 heteroatoms. The molecule has 6 nitrogen and oxygen atoms in total. The van der Waals surface area contributed by atoms with Crippen molar-refractivity contribution in [2.24, 2.45) is 0 Å². The molecule has 0 aliphatic carbocycles. The average molecular weight is 393 g/mol. The van der Waals surface area contributed by atoms with Gasteiger partial charge >= 0.3 is 0 Å². The summed E-state index contributed by atoms with van der Waals surface area (Å²) in [5.74, 6) is 1.18. The van der Waals surface area contributed by atoms with Gasteiger partial charge < -0.3 is 10.1 Å². The number of carbonyl (C=O) groups excluding carboxylic acids is 1. The van der Waals surface area contributed by atoms with Crippen molar-refractivity contribution in [3.63, 3.8) is 0 Å². The molecule has 3 rings (SSSR count). The van der Waals surface area contributed by atoms with Gasteiger partial charge in [-0.15, -0.1) is 5.10 Å². The smallest absolute Gasteiger partial charge is 0.230 e. The Hall–Kier alpha value is -3.15. The Kier molecular flexibility index (Phi) is 6.32. The normalized spacial score (nSPS) is 11.3. The lowest BCUT2D eigenvalue weighted by Gasteiger charge is -2.19. The Balaban J connectivity index is 1.54. The van der Waals surface area contributed by atoms with E-state index in [9.17, 15) is 4.79 Å². The van der Waals surface area contributed by atoms with E-state index < -0.39 is 0 Å². The number of amides is 1. The summed E-state index contributed by atoms with van der Waals surface area (Å²) in [5.41, 5.74) is 3.37. The predicted octanol–water partition coefficient (Wildman–Crippen LogP) is 4.20. The molecule has 0 bridgehead atoms. The third-order valence-electron chi connectivity index (χ3n) is 4.55. The Morgan fingerprint density at radius 3 is 2.31 bits per heavy atom. The molecule has 0 saturated carbocycles. The molecule has 2 aromatic carbocycles. The van der Waals surface area contributed by atoms with Crippen LogP contribution in [0, 0.1) is 0 Å². The molecule has 1 N–H and O–H groups in total. The van der Waals surface area contributed by atoms with Gasteiger partial charge in [-0.3, -0.25) is 4.79 Å². The molecule has 29 heavy (non-hydrogen) atoms. The van der Waals surface area contributed by atoms with Gasteiger partial charge in [-0.1, -0.05) is 57.2 Å². The number of hydrogen-bond donors (Lipinski definition) is 1. The lowest BCUT2D eigenvalue weighted by molar-refractivity contribution is -0.115. The van der Waals surface area contributed by atoms with Gasteiger partial charge in [0.25, 0.3) is 0 Å². The maximum Gasteiger partial charge on any atom is 0.230 e. The Bertz CT molecular complexity index is 938. The van der Waals surface area contributed by atoms with Gasteiger partial charge in [0.2, 0.25) is 5.91 Å². The number of anilines is 1. The minimum Gasteiger partial charge on any atom is -0.494 e. The van der Waals surface area contributed by atoms with Crippen molar-refractivity contribution in [2.75, 3.05) is 11.9 Å². The van der Waals surface area contributed by atoms with E-state index in [1.165, 1.54) is 5.56 Å². The van der Waals surface area contributed by atoms with Crippen LogP contribution in [0.1, 0.15) is 44.4 Å². The summed E-state index contributed by atoms with van der Waals surface area (Å²) in [6, 6.07) is 16.0. The van der Waals surface area contributed by atoms with E-state index in [2.05, 4.69) is 48.4 Å². The molecule has 0 spiro atoms. The second kappa shape index (κ2) is 8.90. The first-order chi connectivity index (χ1) is 13.8. The maximum atomic E-state index is 12.3. The monoisotopic (exact) mass is 392 g/mol. The van der Waals surface area contributed by atoms with Crippen molar-refractivity contribution < 1.29 is 9.53 Å². The number of nitrogens with one attached hydrogen (secondary N) is 1. The van der Waals surface area contributed by atoms with Crippen LogP contribution in [-0.4, -0.2) is 27.5 Å². The van der Waals surface area contributed by atoms with Gasteiger partial charge in [0.15, 0.2) is 5.82 Å². The fraction of sp³-hybridized carbons (Fsp3) is 0.348. The van der Waals surface area contributed by atoms with Gasteiger partial charge in [0, 0.05) is 0 Å². The van der Waals surface area contributed by atoms with Crippen LogP contribution in [0.4, 0.5) is 5.82 Å². The predicted molar refractivity (Wildman–Crippen MR) is 114 cm³/mol. The van der Waals surface area contributed by atoms with Crippen molar-refractivity contribution in [3.8, 4) is 5.75 Å². The van der Waals surface area contributed by atoms with Gasteiger partial charge in [-0.2, -0.15) is 9.90 Å². The van der Waals surface area contributed by atoms with Crippen molar-refractivity contribution in [2.45, 2.75) is 46.1 Å². The first kappa shape index (κ1) is 20.6. The average Bonchev–Trinajstić information content (AvgIpc) is 3.10. The topological polar surface area (TPSA) is 69.0 Å². The molecule has 0 fully saturated rings. The van der Waals surface area contributed by atoms with Crippen LogP contribution in [0.15, 0.2) is 54.7 Å². The van der Waals surface area contributed by atoms with Crippen LogP contribution >= 0.6 is 0 Å². The first-order valence-electron chi connectivity index (χ1n) is 9.84. The molecule has 0 aliphatic rings. The zero-order valence-corrected chi connectivity index (χ0v) is 17.5. The van der Waals surface area contributed by atoms with Gasteiger partial charge in [-0.25, -0.2) is 0 Å². The summed E-state index contributed by atoms with van der Waals surface area (Å²) in [6.07, 6.45) is 1.87. The molecular formula is C23H28N4O2. The number of benzene rings is 2. The SMILES string of the molecule is CCOc1ccc(Cn2ncc(NC(=O)Cc3ccc(C(C)(C)C)cc3)n2)cc1. The molecule has 0 aliphatic heterocycles. The third kappa shape index (κ3) is 5.91. The van der Waals surface area contributed by atoms with E-state index in [1.807, 2.05) is 43.3 Å². The lowest BCUT2D eigenvalue weighted by Crippen LogP contribution is -2.16. The zero-order valence-electron chi connectivity index (χ0n) is 17.5. The number of rotatable bonds is 7. The molecule has 1 heterocycles. The van der Waals surface area contributed by atoms with Crippen molar-refractivity contribution >= 4 is 11.7 Å². The van der Waals surface area contributed by atoms with E-state index in [0.29, 0.717) is 25.4 Å². The summed E-state index contributed by atoms with van der Waals surface area (Å²) >= 11 is 0. The number of aromatic nitrogens is 3. The first-order valence-corrected chi connectivity index (χ1v) is 9.84. The van der Waals surface area contributed by atoms with Gasteiger partial charge in [0.05, 0.1) is 25.8 Å². The van der Waals surface area contributed by atoms with Crippen molar-refractivity contribution in [1.29, 1.82) is 0 Å². The summed E-state index contributed by atoms with van der Waals surface area (Å²) in [5, 5.41) is 11.4. The highest BCUT2D eigenvalue weighted by atomic mass is 16.5. The second-order valence-electron chi connectivity index (χ2n) is 8.01. The van der Waals surface area contributed by atoms with E-state index >= 15 is 0 Å².